The van der Waals surface area contributed by atoms with Crippen molar-refractivity contribution in [3.05, 3.63) is 0 Å². The molecule has 0 bridgehead atoms. The average Bonchev–Trinajstić information content (AvgIpc) is 2.73. The zero-order chi connectivity index (χ0) is 16.6. The summed E-state index contributed by atoms with van der Waals surface area (Å²) in [7, 11) is 5.46. The van der Waals surface area contributed by atoms with E-state index in [0.29, 0.717) is 11.3 Å². The average molecular weight is 358 g/mol. The predicted octanol–water partition coefficient (Wildman–Crippen LogP) is 4.83. The maximum atomic E-state index is 10.6. The van der Waals surface area contributed by atoms with Crippen molar-refractivity contribution in [3.63, 3.8) is 0 Å². The number of hydrogen-bond donors (Lipinski definition) is 2. The Morgan fingerprint density at radius 1 is 0.652 bits per heavy atom. The zero-order valence-corrected chi connectivity index (χ0v) is 16.9. The minimum Gasteiger partial charge on any atom is -0.386 e. The summed E-state index contributed by atoms with van der Waals surface area (Å²) in [5.41, 5.74) is 0.394. The first-order valence-electron chi connectivity index (χ1n) is 9.82. The van der Waals surface area contributed by atoms with Crippen molar-refractivity contribution in [3.8, 4) is 0 Å². The Hall–Kier alpha value is 0.780. The summed E-state index contributed by atoms with van der Waals surface area (Å²) in [6, 6.07) is 0. The van der Waals surface area contributed by atoms with Crippen LogP contribution in [0.2, 0.25) is 0 Å². The van der Waals surface area contributed by atoms with Crippen molar-refractivity contribution in [1.82, 2.24) is 0 Å². The molecule has 0 heterocycles. The van der Waals surface area contributed by atoms with Crippen molar-refractivity contribution >= 4 is 18.5 Å². The van der Waals surface area contributed by atoms with Crippen LogP contribution in [-0.2, 0) is 0 Å². The highest BCUT2D eigenvalue weighted by Gasteiger charge is 2.43. The van der Waals surface area contributed by atoms with Crippen LogP contribution in [0, 0.1) is 17.3 Å². The highest BCUT2D eigenvalue weighted by atomic mass is 31.0. The molecule has 0 amide bonds. The molecule has 0 radical (unpaired) electrons. The van der Waals surface area contributed by atoms with Gasteiger partial charge in [0, 0.05) is 0 Å². The summed E-state index contributed by atoms with van der Waals surface area (Å²) in [6.45, 7) is 0. The smallest absolute Gasteiger partial charge is 0.0783 e. The van der Waals surface area contributed by atoms with Crippen molar-refractivity contribution in [2.75, 3.05) is 0 Å². The van der Waals surface area contributed by atoms with Gasteiger partial charge in [0.25, 0.3) is 0 Å². The van der Waals surface area contributed by atoms with Crippen LogP contribution in [-0.4, -0.2) is 20.9 Å². The van der Waals surface area contributed by atoms with E-state index in [0.717, 1.165) is 31.6 Å². The van der Waals surface area contributed by atoms with Gasteiger partial charge in [-0.3, -0.25) is 0 Å². The van der Waals surface area contributed by atoms with Crippen molar-refractivity contribution in [2.45, 2.75) is 101 Å². The van der Waals surface area contributed by atoms with Gasteiger partial charge in [0.1, 0.15) is 0 Å². The summed E-state index contributed by atoms with van der Waals surface area (Å²) in [6.07, 6.45) is 16.6. The molecule has 3 rings (SSSR count). The highest BCUT2D eigenvalue weighted by Crippen LogP contribution is 2.54. The second-order valence-electron chi connectivity index (χ2n) is 9.14. The van der Waals surface area contributed by atoms with E-state index in [1.165, 1.54) is 64.2 Å². The van der Waals surface area contributed by atoms with Gasteiger partial charge >= 0.3 is 0 Å². The summed E-state index contributed by atoms with van der Waals surface area (Å²) in [5, 5.41) is 20.1. The third-order valence-electron chi connectivity index (χ3n) is 7.06. The van der Waals surface area contributed by atoms with Gasteiger partial charge in [-0.15, -0.1) is 18.5 Å². The van der Waals surface area contributed by atoms with Gasteiger partial charge in [-0.2, -0.15) is 0 Å². The first-order chi connectivity index (χ1) is 10.8. The SMILES string of the molecule is OC1(P)CCCCC(C2CCC3(CCCCC(O)(P)C3)CC2)C1. The van der Waals surface area contributed by atoms with Crippen LogP contribution in [0.5, 0.6) is 0 Å². The van der Waals surface area contributed by atoms with Gasteiger partial charge in [-0.1, -0.05) is 32.1 Å². The summed E-state index contributed by atoms with van der Waals surface area (Å²) >= 11 is 0. The summed E-state index contributed by atoms with van der Waals surface area (Å²) < 4.78 is 0. The van der Waals surface area contributed by atoms with E-state index < -0.39 is 10.7 Å². The number of hydrogen-bond acceptors (Lipinski definition) is 2. The van der Waals surface area contributed by atoms with E-state index in [2.05, 4.69) is 18.5 Å². The van der Waals surface area contributed by atoms with Gasteiger partial charge in [-0.25, -0.2) is 0 Å². The Morgan fingerprint density at radius 2 is 1.26 bits per heavy atom. The maximum Gasteiger partial charge on any atom is 0.0783 e. The summed E-state index contributed by atoms with van der Waals surface area (Å²) in [4.78, 5) is 0. The van der Waals surface area contributed by atoms with Crippen LogP contribution in [0.4, 0.5) is 0 Å². The normalized spacial score (nSPS) is 49.6. The standard InChI is InChI=1S/C19H36O2P2/c20-18(22)9-2-1-5-16(13-18)15-6-11-17(12-7-15)8-3-4-10-19(21,23)14-17/h15-16,20-21H,1-14,22-23H2. The van der Waals surface area contributed by atoms with E-state index in [1.54, 1.807) is 0 Å². The fourth-order valence-electron chi connectivity index (χ4n) is 5.81. The van der Waals surface area contributed by atoms with Crippen LogP contribution in [0.3, 0.4) is 0 Å². The molecule has 5 atom stereocenters. The van der Waals surface area contributed by atoms with Crippen LogP contribution in [0.25, 0.3) is 0 Å². The first-order valence-corrected chi connectivity index (χ1v) is 11.0. The molecule has 0 aromatic heterocycles. The lowest BCUT2D eigenvalue weighted by Gasteiger charge is -2.45. The number of aliphatic hydroxyl groups is 2. The lowest BCUT2D eigenvalue weighted by molar-refractivity contribution is 0.0219. The molecule has 5 unspecified atom stereocenters. The van der Waals surface area contributed by atoms with Crippen molar-refractivity contribution in [1.29, 1.82) is 0 Å². The van der Waals surface area contributed by atoms with E-state index >= 15 is 0 Å². The van der Waals surface area contributed by atoms with Crippen LogP contribution >= 0.6 is 18.5 Å². The molecule has 2 nitrogen and oxygen atoms in total. The number of rotatable bonds is 1. The van der Waals surface area contributed by atoms with Crippen LogP contribution in [0.1, 0.15) is 89.9 Å². The Morgan fingerprint density at radius 3 is 2.00 bits per heavy atom. The summed E-state index contributed by atoms with van der Waals surface area (Å²) in [5.74, 6) is 1.50. The molecule has 4 heteroatoms. The Labute approximate surface area is 147 Å². The van der Waals surface area contributed by atoms with Gasteiger partial charge in [-0.05, 0) is 75.0 Å². The Balaban J connectivity index is 1.61. The van der Waals surface area contributed by atoms with E-state index in [1.807, 2.05) is 0 Å². The molecule has 134 valence electrons. The molecule has 0 aromatic carbocycles. The van der Waals surface area contributed by atoms with Gasteiger partial charge in [0.15, 0.2) is 0 Å². The highest BCUT2D eigenvalue weighted by molar-refractivity contribution is 7.18. The fraction of sp³-hybridized carbons (Fsp3) is 1.00. The van der Waals surface area contributed by atoms with Crippen LogP contribution in [0.15, 0.2) is 0 Å². The largest absolute Gasteiger partial charge is 0.386 e. The molecule has 3 saturated carbocycles. The van der Waals surface area contributed by atoms with E-state index in [4.69, 9.17) is 0 Å². The minimum absolute atomic E-state index is 0.394. The van der Waals surface area contributed by atoms with E-state index in [-0.39, 0.29) is 0 Å². The van der Waals surface area contributed by atoms with Crippen molar-refractivity contribution < 1.29 is 10.2 Å². The monoisotopic (exact) mass is 358 g/mol. The van der Waals surface area contributed by atoms with Crippen molar-refractivity contribution in [2.24, 2.45) is 17.3 Å². The third-order valence-corrected chi connectivity index (χ3v) is 8.07. The molecular formula is C19H36O2P2. The Kier molecular flexibility index (Phi) is 5.80. The maximum absolute atomic E-state index is 10.6. The van der Waals surface area contributed by atoms with Gasteiger partial charge in [0.05, 0.1) is 10.7 Å². The molecule has 0 aromatic rings. The molecule has 2 N–H and O–H groups in total. The second kappa shape index (κ2) is 7.19. The molecular weight excluding hydrogens is 322 g/mol. The molecule has 1 spiro atoms. The third kappa shape index (κ3) is 4.91. The second-order valence-corrected chi connectivity index (χ2v) is 11.3. The lowest BCUT2D eigenvalue weighted by Crippen LogP contribution is -2.36. The Bertz CT molecular complexity index is 400. The topological polar surface area (TPSA) is 40.5 Å². The van der Waals surface area contributed by atoms with E-state index in [9.17, 15) is 10.2 Å². The minimum atomic E-state index is -0.522. The molecule has 3 aliphatic carbocycles. The molecule has 0 aliphatic heterocycles. The fourth-order valence-corrected chi connectivity index (χ4v) is 6.95. The predicted molar refractivity (Wildman–Crippen MR) is 103 cm³/mol. The van der Waals surface area contributed by atoms with Crippen LogP contribution < -0.4 is 0 Å². The molecule has 0 saturated heterocycles. The molecule has 3 aliphatic rings. The molecule has 23 heavy (non-hydrogen) atoms. The quantitative estimate of drug-likeness (QED) is 0.520. The first kappa shape index (κ1) is 18.6. The lowest BCUT2D eigenvalue weighted by atomic mass is 9.63. The molecule has 3 fully saturated rings. The zero-order valence-electron chi connectivity index (χ0n) is 14.6. The van der Waals surface area contributed by atoms with Gasteiger partial charge < -0.3 is 10.2 Å². The van der Waals surface area contributed by atoms with Gasteiger partial charge in [0.2, 0.25) is 0 Å².